The molecule has 0 aliphatic carbocycles. The van der Waals surface area contributed by atoms with Gasteiger partial charge in [-0.2, -0.15) is 5.26 Å². The largest absolute Gasteiger partial charge is 0.487 e. The number of anilines is 1. The highest BCUT2D eigenvalue weighted by atomic mass is 16.5. The third-order valence-corrected chi connectivity index (χ3v) is 3.15. The molecule has 0 unspecified atom stereocenters. The summed E-state index contributed by atoms with van der Waals surface area (Å²) in [4.78, 5) is 22.8. The lowest BCUT2D eigenvalue weighted by Gasteiger charge is -2.13. The monoisotopic (exact) mass is 308 g/mol. The summed E-state index contributed by atoms with van der Waals surface area (Å²) in [5, 5.41) is 11.6. The van der Waals surface area contributed by atoms with Gasteiger partial charge in [0, 0.05) is 12.5 Å². The summed E-state index contributed by atoms with van der Waals surface area (Å²) in [5.74, 6) is 0.0999. The van der Waals surface area contributed by atoms with Crippen LogP contribution in [0.25, 0.3) is 0 Å². The molecule has 0 bridgehead atoms. The fourth-order valence-corrected chi connectivity index (χ4v) is 2.05. The number of ketones is 1. The molecule has 0 heterocycles. The maximum Gasteiger partial charge on any atom is 0.221 e. The number of nitrogens with zero attached hydrogens (tertiary/aromatic N) is 1. The van der Waals surface area contributed by atoms with E-state index in [4.69, 9.17) is 10.00 Å². The van der Waals surface area contributed by atoms with Crippen LogP contribution in [-0.4, -0.2) is 11.7 Å². The topological polar surface area (TPSA) is 79.2 Å². The summed E-state index contributed by atoms with van der Waals surface area (Å²) in [5.41, 5.74) is 2.37. The average Bonchev–Trinajstić information content (AvgIpc) is 2.53. The van der Waals surface area contributed by atoms with Gasteiger partial charge in [-0.15, -0.1) is 0 Å². The Hall–Kier alpha value is -3.13. The van der Waals surface area contributed by atoms with Crippen LogP contribution in [0, 0.1) is 11.3 Å². The standard InChI is InChI=1S/C18H16N2O3/c1-12(21)16-6-7-17(20-13(2)22)18(9-16)23-11-15-5-3-4-14(8-15)10-19/h3-9H,11H2,1-2H3,(H,20,22). The number of benzene rings is 2. The SMILES string of the molecule is CC(=O)Nc1ccc(C(C)=O)cc1OCc1cccc(C#N)c1. The highest BCUT2D eigenvalue weighted by Crippen LogP contribution is 2.27. The summed E-state index contributed by atoms with van der Waals surface area (Å²) >= 11 is 0. The molecular weight excluding hydrogens is 292 g/mol. The second-order valence-corrected chi connectivity index (χ2v) is 5.05. The second-order valence-electron chi connectivity index (χ2n) is 5.05. The number of hydrogen-bond donors (Lipinski definition) is 1. The highest BCUT2D eigenvalue weighted by Gasteiger charge is 2.10. The van der Waals surface area contributed by atoms with Gasteiger partial charge in [-0.3, -0.25) is 9.59 Å². The molecule has 116 valence electrons. The van der Waals surface area contributed by atoms with E-state index in [0.717, 1.165) is 5.56 Å². The van der Waals surface area contributed by atoms with Gasteiger partial charge in [0.2, 0.25) is 5.91 Å². The predicted octanol–water partition coefficient (Wildman–Crippen LogP) is 3.30. The molecule has 0 aliphatic rings. The normalized spacial score (nSPS) is 9.78. The van der Waals surface area contributed by atoms with Gasteiger partial charge < -0.3 is 10.1 Å². The third kappa shape index (κ3) is 4.42. The Kier molecular flexibility index (Phi) is 5.11. The molecule has 5 nitrogen and oxygen atoms in total. The van der Waals surface area contributed by atoms with Crippen LogP contribution >= 0.6 is 0 Å². The Morgan fingerprint density at radius 1 is 1.17 bits per heavy atom. The quantitative estimate of drug-likeness (QED) is 0.859. The average molecular weight is 308 g/mol. The van der Waals surface area contributed by atoms with E-state index in [1.54, 1.807) is 36.4 Å². The van der Waals surface area contributed by atoms with Gasteiger partial charge in [-0.05, 0) is 42.8 Å². The first-order chi connectivity index (χ1) is 11.0. The van der Waals surface area contributed by atoms with E-state index < -0.39 is 0 Å². The molecule has 1 N–H and O–H groups in total. The van der Waals surface area contributed by atoms with E-state index in [-0.39, 0.29) is 18.3 Å². The summed E-state index contributed by atoms with van der Waals surface area (Å²) in [6.07, 6.45) is 0. The minimum absolute atomic E-state index is 0.0873. The van der Waals surface area contributed by atoms with Crippen molar-refractivity contribution in [3.8, 4) is 11.8 Å². The number of hydrogen-bond acceptors (Lipinski definition) is 4. The molecule has 0 saturated carbocycles. The first-order valence-electron chi connectivity index (χ1n) is 7.04. The molecule has 5 heteroatoms. The van der Waals surface area contributed by atoms with Gasteiger partial charge in [-0.1, -0.05) is 12.1 Å². The van der Waals surface area contributed by atoms with Crippen LogP contribution in [0.4, 0.5) is 5.69 Å². The zero-order chi connectivity index (χ0) is 16.8. The van der Waals surface area contributed by atoms with E-state index in [9.17, 15) is 9.59 Å². The third-order valence-electron chi connectivity index (χ3n) is 3.15. The summed E-state index contributed by atoms with van der Waals surface area (Å²) in [6, 6.07) is 14.0. The van der Waals surface area contributed by atoms with Gasteiger partial charge in [0.1, 0.15) is 12.4 Å². The van der Waals surface area contributed by atoms with Crippen molar-refractivity contribution in [3.05, 3.63) is 59.2 Å². The van der Waals surface area contributed by atoms with E-state index in [2.05, 4.69) is 11.4 Å². The minimum atomic E-state index is -0.225. The number of carbonyl (C=O) groups is 2. The van der Waals surface area contributed by atoms with Crippen LogP contribution in [0.5, 0.6) is 5.75 Å². The van der Waals surface area contributed by atoms with Gasteiger partial charge in [0.15, 0.2) is 5.78 Å². The molecule has 2 aromatic rings. The molecule has 23 heavy (non-hydrogen) atoms. The molecule has 2 aromatic carbocycles. The van der Waals surface area contributed by atoms with E-state index in [1.165, 1.54) is 13.8 Å². The van der Waals surface area contributed by atoms with Crippen LogP contribution in [0.15, 0.2) is 42.5 Å². The zero-order valence-electron chi connectivity index (χ0n) is 12.9. The lowest BCUT2D eigenvalue weighted by atomic mass is 10.1. The van der Waals surface area contributed by atoms with E-state index in [0.29, 0.717) is 22.6 Å². The van der Waals surface area contributed by atoms with Gasteiger partial charge >= 0.3 is 0 Å². The molecule has 0 atom stereocenters. The Morgan fingerprint density at radius 3 is 2.61 bits per heavy atom. The Bertz CT molecular complexity index is 791. The molecule has 2 rings (SSSR count). The maximum absolute atomic E-state index is 11.5. The minimum Gasteiger partial charge on any atom is -0.487 e. The van der Waals surface area contributed by atoms with Crippen molar-refractivity contribution in [2.45, 2.75) is 20.5 Å². The predicted molar refractivity (Wildman–Crippen MR) is 86.2 cm³/mol. The molecule has 0 aromatic heterocycles. The Morgan fingerprint density at radius 2 is 1.96 bits per heavy atom. The van der Waals surface area contributed by atoms with Crippen LogP contribution in [0.2, 0.25) is 0 Å². The van der Waals surface area contributed by atoms with Crippen LogP contribution < -0.4 is 10.1 Å². The Labute approximate surface area is 134 Å². The van der Waals surface area contributed by atoms with Crippen LogP contribution in [-0.2, 0) is 11.4 Å². The molecular formula is C18H16N2O3. The van der Waals surface area contributed by atoms with E-state index >= 15 is 0 Å². The van der Waals surface area contributed by atoms with Crippen molar-refractivity contribution < 1.29 is 14.3 Å². The number of ether oxygens (including phenoxy) is 1. The fourth-order valence-electron chi connectivity index (χ4n) is 2.05. The Balaban J connectivity index is 2.25. The lowest BCUT2D eigenvalue weighted by Crippen LogP contribution is -2.09. The first kappa shape index (κ1) is 16.2. The fraction of sp³-hybridized carbons (Fsp3) is 0.167. The number of Topliss-reactive ketones (excluding diaryl/α,β-unsaturated/α-hetero) is 1. The number of nitriles is 1. The zero-order valence-corrected chi connectivity index (χ0v) is 12.9. The molecule has 0 saturated heterocycles. The number of carbonyl (C=O) groups excluding carboxylic acids is 2. The van der Waals surface area contributed by atoms with Crippen molar-refractivity contribution in [1.82, 2.24) is 0 Å². The maximum atomic E-state index is 11.5. The second kappa shape index (κ2) is 7.23. The molecule has 0 fully saturated rings. The number of rotatable bonds is 5. The van der Waals surface area contributed by atoms with Crippen molar-refractivity contribution >= 4 is 17.4 Å². The van der Waals surface area contributed by atoms with Crippen molar-refractivity contribution in [1.29, 1.82) is 5.26 Å². The van der Waals surface area contributed by atoms with E-state index in [1.807, 2.05) is 6.07 Å². The first-order valence-corrected chi connectivity index (χ1v) is 7.04. The molecule has 0 spiro atoms. The molecule has 1 amide bonds. The van der Waals surface area contributed by atoms with Gasteiger partial charge in [-0.25, -0.2) is 0 Å². The number of nitrogens with one attached hydrogen (secondary N) is 1. The smallest absolute Gasteiger partial charge is 0.221 e. The van der Waals surface area contributed by atoms with Crippen LogP contribution in [0.1, 0.15) is 35.3 Å². The van der Waals surface area contributed by atoms with Crippen LogP contribution in [0.3, 0.4) is 0 Å². The van der Waals surface area contributed by atoms with Crippen molar-refractivity contribution in [2.75, 3.05) is 5.32 Å². The summed E-state index contributed by atoms with van der Waals surface area (Å²) in [7, 11) is 0. The molecule has 0 aliphatic heterocycles. The highest BCUT2D eigenvalue weighted by molar-refractivity contribution is 5.96. The lowest BCUT2D eigenvalue weighted by molar-refractivity contribution is -0.114. The number of amides is 1. The summed E-state index contributed by atoms with van der Waals surface area (Å²) < 4.78 is 5.74. The molecule has 0 radical (unpaired) electrons. The summed E-state index contributed by atoms with van der Waals surface area (Å²) in [6.45, 7) is 3.09. The van der Waals surface area contributed by atoms with Crippen molar-refractivity contribution in [3.63, 3.8) is 0 Å². The van der Waals surface area contributed by atoms with Gasteiger partial charge in [0.25, 0.3) is 0 Å². The van der Waals surface area contributed by atoms with Crippen molar-refractivity contribution in [2.24, 2.45) is 0 Å². The van der Waals surface area contributed by atoms with Gasteiger partial charge in [0.05, 0.1) is 17.3 Å².